The smallest absolute Gasteiger partial charge is 0.315 e. The van der Waals surface area contributed by atoms with Crippen LogP contribution in [0.25, 0.3) is 11.0 Å². The van der Waals surface area contributed by atoms with Crippen molar-refractivity contribution in [1.29, 1.82) is 0 Å². The van der Waals surface area contributed by atoms with E-state index in [1.807, 2.05) is 61.5 Å². The molecule has 0 saturated heterocycles. The Morgan fingerprint density at radius 3 is 2.68 bits per heavy atom. The second kappa shape index (κ2) is 7.96. The van der Waals surface area contributed by atoms with Crippen LogP contribution < -0.4 is 10.6 Å². The summed E-state index contributed by atoms with van der Waals surface area (Å²) in [6, 6.07) is 17.3. The molecule has 0 aliphatic heterocycles. The van der Waals surface area contributed by atoms with Gasteiger partial charge in [-0.2, -0.15) is 5.10 Å². The fraction of sp³-hybridized carbons (Fsp3) is 0.190. The maximum Gasteiger partial charge on any atom is 0.315 e. The molecular weight excluding hydrogens is 354 g/mol. The van der Waals surface area contributed by atoms with E-state index in [0.717, 1.165) is 27.9 Å². The largest absolute Gasteiger partial charge is 0.459 e. The van der Waals surface area contributed by atoms with Crippen molar-refractivity contribution in [3.05, 3.63) is 84.1 Å². The Morgan fingerprint density at radius 1 is 1.14 bits per heavy atom. The van der Waals surface area contributed by atoms with E-state index >= 15 is 0 Å². The maximum absolute atomic E-state index is 12.2. The number of fused-ring (bicyclic) bond motifs is 1. The molecule has 4 rings (SSSR count). The monoisotopic (exact) mass is 375 g/mol. The average molecular weight is 375 g/mol. The Morgan fingerprint density at radius 2 is 1.93 bits per heavy atom. The third kappa shape index (κ3) is 4.20. The highest BCUT2D eigenvalue weighted by Gasteiger charge is 2.13. The lowest BCUT2D eigenvalue weighted by Gasteiger charge is -2.12. The number of rotatable bonds is 6. The third-order valence-corrected chi connectivity index (χ3v) is 4.51. The lowest BCUT2D eigenvalue weighted by Crippen LogP contribution is -2.36. The van der Waals surface area contributed by atoms with Gasteiger partial charge in [0.25, 0.3) is 0 Å². The minimum Gasteiger partial charge on any atom is -0.459 e. The van der Waals surface area contributed by atoms with Gasteiger partial charge in [-0.05, 0) is 30.2 Å². The molecule has 2 N–H and O–H groups in total. The van der Waals surface area contributed by atoms with Crippen LogP contribution in [-0.4, -0.2) is 20.8 Å². The van der Waals surface area contributed by atoms with Crippen molar-refractivity contribution in [1.82, 2.24) is 25.4 Å². The zero-order chi connectivity index (χ0) is 19.3. The van der Waals surface area contributed by atoms with Gasteiger partial charge < -0.3 is 15.1 Å². The molecule has 7 heteroatoms. The Bertz CT molecular complexity index is 1020. The summed E-state index contributed by atoms with van der Waals surface area (Å²) in [6.45, 7) is 3.02. The second-order valence-corrected chi connectivity index (χ2v) is 6.64. The van der Waals surface area contributed by atoms with Gasteiger partial charge in [0.15, 0.2) is 0 Å². The summed E-state index contributed by atoms with van der Waals surface area (Å²) in [6.07, 6.45) is 3.20. The van der Waals surface area contributed by atoms with Gasteiger partial charge in [0.1, 0.15) is 24.0 Å². The molecular formula is C21H21N5O2. The third-order valence-electron chi connectivity index (χ3n) is 4.51. The summed E-state index contributed by atoms with van der Waals surface area (Å²) >= 11 is 0. The van der Waals surface area contributed by atoms with Gasteiger partial charge in [-0.15, -0.1) is 0 Å². The number of hydrogen-bond donors (Lipinski definition) is 2. The van der Waals surface area contributed by atoms with Crippen LogP contribution in [0.2, 0.25) is 0 Å². The van der Waals surface area contributed by atoms with E-state index in [2.05, 4.69) is 20.7 Å². The van der Waals surface area contributed by atoms with Crippen LogP contribution in [0.15, 0.2) is 71.7 Å². The summed E-state index contributed by atoms with van der Waals surface area (Å²) in [5.74, 6) is 0.730. The molecule has 2 amide bonds. The molecule has 4 aromatic rings. The molecule has 1 unspecified atom stereocenters. The fourth-order valence-corrected chi connectivity index (χ4v) is 2.98. The number of amides is 2. The number of hydrogen-bond acceptors (Lipinski definition) is 4. The van der Waals surface area contributed by atoms with E-state index < -0.39 is 0 Å². The highest BCUT2D eigenvalue weighted by atomic mass is 16.3. The number of benzene rings is 2. The number of furan rings is 1. The zero-order valence-electron chi connectivity index (χ0n) is 15.5. The highest BCUT2D eigenvalue weighted by Crippen LogP contribution is 2.23. The van der Waals surface area contributed by atoms with Crippen molar-refractivity contribution in [2.75, 3.05) is 0 Å². The Balaban J connectivity index is 1.29. The van der Waals surface area contributed by atoms with E-state index in [1.54, 1.807) is 11.0 Å². The predicted molar refractivity (Wildman–Crippen MR) is 106 cm³/mol. The van der Waals surface area contributed by atoms with E-state index in [0.29, 0.717) is 13.1 Å². The van der Waals surface area contributed by atoms with Gasteiger partial charge in [0.05, 0.1) is 12.6 Å². The predicted octanol–water partition coefficient (Wildman–Crippen LogP) is 3.63. The number of aromatic nitrogens is 3. The first-order valence-corrected chi connectivity index (χ1v) is 9.10. The Labute approximate surface area is 162 Å². The van der Waals surface area contributed by atoms with E-state index in [1.165, 1.54) is 6.33 Å². The van der Waals surface area contributed by atoms with Gasteiger partial charge in [-0.25, -0.2) is 14.5 Å². The topological polar surface area (TPSA) is 85.0 Å². The average Bonchev–Trinajstić information content (AvgIpc) is 3.37. The highest BCUT2D eigenvalue weighted by molar-refractivity contribution is 5.78. The Kier molecular flexibility index (Phi) is 5.05. The zero-order valence-corrected chi connectivity index (χ0v) is 15.5. The first-order valence-electron chi connectivity index (χ1n) is 9.10. The SMILES string of the molecule is CC(NC(=O)NCc1ccc(Cn2cncn2)cc1)c1cc2ccccc2o1. The number of carbonyl (C=O) groups is 1. The first-order chi connectivity index (χ1) is 13.7. The van der Waals surface area contributed by atoms with Gasteiger partial charge in [0, 0.05) is 11.9 Å². The lowest BCUT2D eigenvalue weighted by atomic mass is 10.1. The van der Waals surface area contributed by atoms with E-state index in [4.69, 9.17) is 4.42 Å². The molecule has 0 bridgehead atoms. The van der Waals surface area contributed by atoms with Crippen LogP contribution >= 0.6 is 0 Å². The summed E-state index contributed by atoms with van der Waals surface area (Å²) in [7, 11) is 0. The van der Waals surface area contributed by atoms with Crippen LogP contribution in [-0.2, 0) is 13.1 Å². The molecule has 7 nitrogen and oxygen atoms in total. The normalized spacial score (nSPS) is 12.0. The van der Waals surface area contributed by atoms with Crippen LogP contribution in [0.5, 0.6) is 0 Å². The molecule has 2 heterocycles. The molecule has 0 aliphatic carbocycles. The number of nitrogens with zero attached hydrogens (tertiary/aromatic N) is 3. The number of nitrogens with one attached hydrogen (secondary N) is 2. The molecule has 2 aromatic heterocycles. The summed E-state index contributed by atoms with van der Waals surface area (Å²) in [4.78, 5) is 16.1. The number of para-hydroxylation sites is 1. The number of urea groups is 1. The molecule has 0 radical (unpaired) electrons. The summed E-state index contributed by atoms with van der Waals surface area (Å²) in [5, 5.41) is 10.9. The van der Waals surface area contributed by atoms with E-state index in [9.17, 15) is 4.79 Å². The Hall–Kier alpha value is -3.61. The van der Waals surface area contributed by atoms with Crippen molar-refractivity contribution < 1.29 is 9.21 Å². The van der Waals surface area contributed by atoms with Gasteiger partial charge in [0.2, 0.25) is 0 Å². The standard InChI is InChI=1S/C21H21N5O2/c1-15(20-10-18-4-2-3-5-19(18)28-20)25-21(27)23-11-16-6-8-17(9-7-16)12-26-14-22-13-24-26/h2-10,13-15H,11-12H2,1H3,(H2,23,25,27). The van der Waals surface area contributed by atoms with Crippen molar-refractivity contribution in [2.24, 2.45) is 0 Å². The molecule has 1 atom stereocenters. The van der Waals surface area contributed by atoms with Crippen LogP contribution in [0.3, 0.4) is 0 Å². The summed E-state index contributed by atoms with van der Waals surface area (Å²) in [5.41, 5.74) is 2.96. The summed E-state index contributed by atoms with van der Waals surface area (Å²) < 4.78 is 7.56. The van der Waals surface area contributed by atoms with Crippen molar-refractivity contribution in [3.8, 4) is 0 Å². The van der Waals surface area contributed by atoms with Crippen molar-refractivity contribution in [2.45, 2.75) is 26.1 Å². The first kappa shape index (κ1) is 17.8. The quantitative estimate of drug-likeness (QED) is 0.539. The maximum atomic E-state index is 12.2. The molecule has 142 valence electrons. The van der Waals surface area contributed by atoms with Gasteiger partial charge >= 0.3 is 6.03 Å². The fourth-order valence-electron chi connectivity index (χ4n) is 2.98. The molecule has 0 aliphatic rings. The molecule has 28 heavy (non-hydrogen) atoms. The molecule has 2 aromatic carbocycles. The van der Waals surface area contributed by atoms with Crippen LogP contribution in [0.1, 0.15) is 29.9 Å². The lowest BCUT2D eigenvalue weighted by molar-refractivity contribution is 0.236. The van der Waals surface area contributed by atoms with E-state index in [-0.39, 0.29) is 12.1 Å². The van der Waals surface area contributed by atoms with Crippen molar-refractivity contribution in [3.63, 3.8) is 0 Å². The minimum atomic E-state index is -0.236. The molecule has 0 fully saturated rings. The van der Waals surface area contributed by atoms with Gasteiger partial charge in [-0.3, -0.25) is 0 Å². The molecule has 0 spiro atoms. The number of carbonyl (C=O) groups excluding carboxylic acids is 1. The van der Waals surface area contributed by atoms with Crippen molar-refractivity contribution >= 4 is 17.0 Å². The molecule has 0 saturated carbocycles. The van der Waals surface area contributed by atoms with Gasteiger partial charge in [-0.1, -0.05) is 42.5 Å². The van der Waals surface area contributed by atoms with Crippen LogP contribution in [0.4, 0.5) is 4.79 Å². The van der Waals surface area contributed by atoms with Crippen LogP contribution in [0, 0.1) is 0 Å². The minimum absolute atomic E-state index is 0.225. The second-order valence-electron chi connectivity index (χ2n) is 6.64.